The maximum absolute atomic E-state index is 11.9. The zero-order chi connectivity index (χ0) is 13.8. The molecule has 0 bridgehead atoms. The highest BCUT2D eigenvalue weighted by atomic mass is 16.5. The van der Waals surface area contributed by atoms with Crippen LogP contribution in [0, 0.1) is 5.41 Å². The normalized spacial score (nSPS) is 12.7. The maximum Gasteiger partial charge on any atom is 0.333 e. The highest BCUT2D eigenvalue weighted by Gasteiger charge is 2.28. The Labute approximate surface area is 107 Å². The summed E-state index contributed by atoms with van der Waals surface area (Å²) < 4.78 is 4.73. The maximum atomic E-state index is 11.9. The van der Waals surface area contributed by atoms with Gasteiger partial charge < -0.3 is 10.1 Å². The molecular weight excluding hydrogens is 230 g/mol. The van der Waals surface area contributed by atoms with Crippen LogP contribution in [0.25, 0.3) is 0 Å². The van der Waals surface area contributed by atoms with Crippen LogP contribution in [0.1, 0.15) is 32.4 Å². The molecule has 1 aromatic carbocycles. The van der Waals surface area contributed by atoms with Gasteiger partial charge in [-0.15, -0.1) is 0 Å². The van der Waals surface area contributed by atoms with E-state index in [1.165, 1.54) is 7.11 Å². The van der Waals surface area contributed by atoms with Crippen LogP contribution in [0.5, 0.6) is 0 Å². The molecule has 18 heavy (non-hydrogen) atoms. The van der Waals surface area contributed by atoms with E-state index in [0.29, 0.717) is 5.56 Å². The third kappa shape index (κ3) is 3.58. The Hall–Kier alpha value is -1.84. The molecule has 1 aromatic rings. The van der Waals surface area contributed by atoms with E-state index in [-0.39, 0.29) is 5.91 Å². The highest BCUT2D eigenvalue weighted by Crippen LogP contribution is 2.19. The number of methoxy groups -OCH3 is 1. The topological polar surface area (TPSA) is 55.4 Å². The molecular formula is C14H19NO3. The summed E-state index contributed by atoms with van der Waals surface area (Å²) in [6, 6.07) is 8.28. The van der Waals surface area contributed by atoms with Crippen molar-refractivity contribution in [2.45, 2.75) is 26.8 Å². The number of hydrogen-bond donors (Lipinski definition) is 1. The number of hydrogen-bond acceptors (Lipinski definition) is 3. The Balaban J connectivity index is 2.95. The standard InChI is InChI=1S/C14H19NO3/c1-14(2,3)13(17)15-11(12(16)18-4)10-8-6-5-7-9-10/h5-9,11H,1-4H3,(H,15,17). The van der Waals surface area contributed by atoms with Crippen LogP contribution in [0.2, 0.25) is 0 Å². The minimum Gasteiger partial charge on any atom is -0.467 e. The van der Waals surface area contributed by atoms with E-state index < -0.39 is 17.4 Å². The van der Waals surface area contributed by atoms with Crippen molar-refractivity contribution < 1.29 is 14.3 Å². The fourth-order valence-electron chi connectivity index (χ4n) is 1.39. The van der Waals surface area contributed by atoms with E-state index in [4.69, 9.17) is 4.74 Å². The van der Waals surface area contributed by atoms with Gasteiger partial charge in [0.2, 0.25) is 5.91 Å². The molecule has 4 nitrogen and oxygen atoms in total. The van der Waals surface area contributed by atoms with Crippen molar-refractivity contribution in [1.29, 1.82) is 0 Å². The van der Waals surface area contributed by atoms with Gasteiger partial charge in [-0.2, -0.15) is 0 Å². The van der Waals surface area contributed by atoms with Gasteiger partial charge in [0.1, 0.15) is 0 Å². The number of benzene rings is 1. The SMILES string of the molecule is COC(=O)C(NC(=O)C(C)(C)C)c1ccccc1. The van der Waals surface area contributed by atoms with Crippen molar-refractivity contribution in [3.63, 3.8) is 0 Å². The summed E-state index contributed by atoms with van der Waals surface area (Å²) in [6.45, 7) is 5.38. The van der Waals surface area contributed by atoms with E-state index in [2.05, 4.69) is 5.32 Å². The van der Waals surface area contributed by atoms with Crippen molar-refractivity contribution in [1.82, 2.24) is 5.32 Å². The minimum absolute atomic E-state index is 0.193. The van der Waals surface area contributed by atoms with Crippen molar-refractivity contribution in [2.24, 2.45) is 5.41 Å². The Kier molecular flexibility index (Phi) is 4.48. The lowest BCUT2D eigenvalue weighted by molar-refractivity contribution is -0.146. The molecule has 1 atom stereocenters. The number of amides is 1. The van der Waals surface area contributed by atoms with Crippen LogP contribution >= 0.6 is 0 Å². The fraction of sp³-hybridized carbons (Fsp3) is 0.429. The summed E-state index contributed by atoms with van der Waals surface area (Å²) in [5.41, 5.74) is 0.156. The van der Waals surface area contributed by atoms with E-state index in [1.54, 1.807) is 32.9 Å². The molecule has 0 aromatic heterocycles. The van der Waals surface area contributed by atoms with E-state index in [9.17, 15) is 9.59 Å². The summed E-state index contributed by atoms with van der Waals surface area (Å²) in [5, 5.41) is 2.71. The van der Waals surface area contributed by atoms with Crippen LogP contribution in [0.4, 0.5) is 0 Å². The predicted octanol–water partition coefficient (Wildman–Crippen LogP) is 2.06. The predicted molar refractivity (Wildman–Crippen MR) is 68.8 cm³/mol. The van der Waals surface area contributed by atoms with E-state index in [1.807, 2.05) is 18.2 Å². The van der Waals surface area contributed by atoms with Gasteiger partial charge in [-0.3, -0.25) is 4.79 Å². The van der Waals surface area contributed by atoms with Gasteiger partial charge in [-0.1, -0.05) is 51.1 Å². The fourth-order valence-corrected chi connectivity index (χ4v) is 1.39. The Bertz CT molecular complexity index is 420. The number of esters is 1. The number of carbonyl (C=O) groups excluding carboxylic acids is 2. The molecule has 0 fully saturated rings. The van der Waals surface area contributed by atoms with Crippen molar-refractivity contribution in [3.8, 4) is 0 Å². The van der Waals surface area contributed by atoms with Crippen molar-refractivity contribution >= 4 is 11.9 Å². The number of rotatable bonds is 3. The summed E-state index contributed by atoms with van der Waals surface area (Å²) in [4.78, 5) is 23.7. The largest absolute Gasteiger partial charge is 0.467 e. The highest BCUT2D eigenvalue weighted by molar-refractivity contribution is 5.88. The molecule has 1 rings (SSSR count). The summed E-state index contributed by atoms with van der Waals surface area (Å²) in [6.07, 6.45) is 0. The molecule has 0 aliphatic carbocycles. The molecule has 1 N–H and O–H groups in total. The third-order valence-electron chi connectivity index (χ3n) is 2.53. The first-order valence-electron chi connectivity index (χ1n) is 5.80. The van der Waals surface area contributed by atoms with E-state index in [0.717, 1.165) is 0 Å². The molecule has 0 aliphatic heterocycles. The molecule has 0 heterocycles. The van der Waals surface area contributed by atoms with Crippen LogP contribution in [0.15, 0.2) is 30.3 Å². The molecule has 0 saturated heterocycles. The lowest BCUT2D eigenvalue weighted by Gasteiger charge is -2.23. The Morgan fingerprint density at radius 1 is 1.17 bits per heavy atom. The number of carbonyl (C=O) groups is 2. The van der Waals surface area contributed by atoms with Gasteiger partial charge in [0.05, 0.1) is 7.11 Å². The zero-order valence-electron chi connectivity index (χ0n) is 11.2. The first-order valence-corrected chi connectivity index (χ1v) is 5.80. The van der Waals surface area contributed by atoms with E-state index >= 15 is 0 Å². The number of ether oxygens (including phenoxy) is 1. The summed E-state index contributed by atoms with van der Waals surface area (Å²) in [5.74, 6) is -0.666. The second-order valence-corrected chi connectivity index (χ2v) is 5.09. The van der Waals surface area contributed by atoms with Gasteiger partial charge in [-0.05, 0) is 5.56 Å². The smallest absolute Gasteiger partial charge is 0.333 e. The molecule has 0 aliphatic rings. The summed E-state index contributed by atoms with van der Waals surface area (Å²) in [7, 11) is 1.31. The van der Waals surface area contributed by atoms with Crippen molar-refractivity contribution in [3.05, 3.63) is 35.9 Å². The molecule has 98 valence electrons. The third-order valence-corrected chi connectivity index (χ3v) is 2.53. The Morgan fingerprint density at radius 3 is 2.17 bits per heavy atom. The average Bonchev–Trinajstić information content (AvgIpc) is 2.34. The molecule has 1 unspecified atom stereocenters. The van der Waals surface area contributed by atoms with Gasteiger partial charge in [0.25, 0.3) is 0 Å². The average molecular weight is 249 g/mol. The molecule has 0 spiro atoms. The van der Waals surface area contributed by atoms with Crippen LogP contribution < -0.4 is 5.32 Å². The van der Waals surface area contributed by atoms with Gasteiger partial charge in [0, 0.05) is 5.41 Å². The van der Waals surface area contributed by atoms with Crippen molar-refractivity contribution in [2.75, 3.05) is 7.11 Å². The molecule has 4 heteroatoms. The summed E-state index contributed by atoms with van der Waals surface area (Å²) >= 11 is 0. The van der Waals surface area contributed by atoms with Crippen LogP contribution in [0.3, 0.4) is 0 Å². The first-order chi connectivity index (χ1) is 8.36. The molecule has 1 amide bonds. The lowest BCUT2D eigenvalue weighted by atomic mass is 9.94. The van der Waals surface area contributed by atoms with Gasteiger partial charge >= 0.3 is 5.97 Å². The lowest BCUT2D eigenvalue weighted by Crippen LogP contribution is -2.40. The van der Waals surface area contributed by atoms with Crippen LogP contribution in [-0.4, -0.2) is 19.0 Å². The number of nitrogens with one attached hydrogen (secondary N) is 1. The zero-order valence-corrected chi connectivity index (χ0v) is 11.2. The van der Waals surface area contributed by atoms with Gasteiger partial charge in [0.15, 0.2) is 6.04 Å². The first kappa shape index (κ1) is 14.2. The quantitative estimate of drug-likeness (QED) is 0.834. The Morgan fingerprint density at radius 2 is 1.72 bits per heavy atom. The molecule has 0 saturated carbocycles. The second-order valence-electron chi connectivity index (χ2n) is 5.09. The minimum atomic E-state index is -0.761. The second kappa shape index (κ2) is 5.67. The monoisotopic (exact) mass is 249 g/mol. The molecule has 0 radical (unpaired) electrons. The van der Waals surface area contributed by atoms with Gasteiger partial charge in [-0.25, -0.2) is 4.79 Å². The van der Waals surface area contributed by atoms with Crippen LogP contribution in [-0.2, 0) is 14.3 Å².